The third-order valence-corrected chi connectivity index (χ3v) is 5.94. The summed E-state index contributed by atoms with van der Waals surface area (Å²) in [6, 6.07) is 10.7. The lowest BCUT2D eigenvalue weighted by Crippen LogP contribution is -2.26. The Labute approximate surface area is 219 Å². The predicted molar refractivity (Wildman–Crippen MR) is 154 cm³/mol. The van der Waals surface area contributed by atoms with Gasteiger partial charge in [0.15, 0.2) is 0 Å². The van der Waals surface area contributed by atoms with Gasteiger partial charge in [-0.2, -0.15) is 0 Å². The van der Waals surface area contributed by atoms with Crippen LogP contribution in [0.1, 0.15) is 12.8 Å². The first kappa shape index (κ1) is 28.0. The summed E-state index contributed by atoms with van der Waals surface area (Å²) in [5, 5.41) is 1.06. The third-order valence-electron chi connectivity index (χ3n) is 5.94. The molecule has 6 heteroatoms. The Morgan fingerprint density at radius 3 is 1.46 bits per heavy atom. The van der Waals surface area contributed by atoms with Gasteiger partial charge in [-0.25, -0.2) is 0 Å². The molecule has 0 N–H and O–H groups in total. The minimum atomic E-state index is -0.0664. The maximum Gasteiger partial charge on any atom is 0.200 e. The SMILES string of the molecule is C=CCN(CC=C)CCCOc1ccc2c(=O)c3ccc(OCCCN(CC=C)CC=C)cc3oc2c1. The Balaban J connectivity index is 1.64. The van der Waals surface area contributed by atoms with Crippen molar-refractivity contribution in [2.45, 2.75) is 12.8 Å². The molecular weight excluding hydrogens is 464 g/mol. The minimum Gasteiger partial charge on any atom is -0.493 e. The van der Waals surface area contributed by atoms with Crippen molar-refractivity contribution in [3.8, 4) is 11.5 Å². The molecule has 37 heavy (non-hydrogen) atoms. The molecule has 0 spiro atoms. The van der Waals surface area contributed by atoms with Crippen molar-refractivity contribution in [1.82, 2.24) is 9.80 Å². The first-order chi connectivity index (χ1) is 18.1. The van der Waals surface area contributed by atoms with Gasteiger partial charge in [-0.3, -0.25) is 14.6 Å². The van der Waals surface area contributed by atoms with Crippen LogP contribution in [0.3, 0.4) is 0 Å². The summed E-state index contributed by atoms with van der Waals surface area (Å²) >= 11 is 0. The molecule has 0 saturated carbocycles. The van der Waals surface area contributed by atoms with Gasteiger partial charge in [0.1, 0.15) is 22.7 Å². The molecule has 0 aliphatic carbocycles. The lowest BCUT2D eigenvalue weighted by molar-refractivity contribution is 0.262. The molecule has 0 aliphatic heterocycles. The number of rotatable bonds is 18. The Hall–Kier alpha value is -3.61. The Morgan fingerprint density at radius 1 is 0.676 bits per heavy atom. The van der Waals surface area contributed by atoms with E-state index < -0.39 is 0 Å². The van der Waals surface area contributed by atoms with Gasteiger partial charge >= 0.3 is 0 Å². The van der Waals surface area contributed by atoms with E-state index in [2.05, 4.69) is 36.1 Å². The van der Waals surface area contributed by atoms with Crippen LogP contribution in [0.2, 0.25) is 0 Å². The number of fused-ring (bicyclic) bond motifs is 2. The van der Waals surface area contributed by atoms with E-state index in [4.69, 9.17) is 13.9 Å². The van der Waals surface area contributed by atoms with Gasteiger partial charge in [-0.05, 0) is 37.1 Å². The maximum atomic E-state index is 13.0. The fourth-order valence-corrected chi connectivity index (χ4v) is 4.19. The zero-order valence-electron chi connectivity index (χ0n) is 21.7. The number of benzene rings is 2. The van der Waals surface area contributed by atoms with Crippen LogP contribution in [-0.2, 0) is 0 Å². The second-order valence-corrected chi connectivity index (χ2v) is 8.82. The van der Waals surface area contributed by atoms with Crippen molar-refractivity contribution in [3.05, 3.63) is 97.2 Å². The molecule has 0 fully saturated rings. The highest BCUT2D eigenvalue weighted by molar-refractivity contribution is 5.90. The standard InChI is InChI=1S/C31H38N2O4/c1-5-15-32(16-6-2)19-9-21-35-25-11-13-27-29(23-25)37-30-24-26(12-14-28(30)31(27)34)36-22-10-20-33(17-7-3)18-8-4/h5-8,11-14,23-24H,1-4,9-10,15-22H2. The number of nitrogens with zero attached hydrogens (tertiary/aromatic N) is 2. The molecule has 196 valence electrons. The normalized spacial score (nSPS) is 11.2. The van der Waals surface area contributed by atoms with Gasteiger partial charge in [0.25, 0.3) is 0 Å². The lowest BCUT2D eigenvalue weighted by atomic mass is 10.1. The highest BCUT2D eigenvalue weighted by atomic mass is 16.5. The molecular formula is C31H38N2O4. The second-order valence-electron chi connectivity index (χ2n) is 8.82. The molecule has 1 aromatic heterocycles. The zero-order chi connectivity index (χ0) is 26.5. The van der Waals surface area contributed by atoms with Crippen LogP contribution in [0, 0.1) is 0 Å². The topological polar surface area (TPSA) is 55.1 Å². The number of hydrogen-bond acceptors (Lipinski definition) is 6. The summed E-state index contributed by atoms with van der Waals surface area (Å²) in [7, 11) is 0. The maximum absolute atomic E-state index is 13.0. The summed E-state index contributed by atoms with van der Waals surface area (Å²) in [6.07, 6.45) is 9.27. The summed E-state index contributed by atoms with van der Waals surface area (Å²) < 4.78 is 18.0. The van der Waals surface area contributed by atoms with Gasteiger partial charge in [-0.15, -0.1) is 26.3 Å². The summed E-state index contributed by atoms with van der Waals surface area (Å²) in [5.74, 6) is 1.34. The summed E-state index contributed by atoms with van der Waals surface area (Å²) in [4.78, 5) is 17.5. The van der Waals surface area contributed by atoms with Crippen LogP contribution in [0.5, 0.6) is 11.5 Å². The largest absolute Gasteiger partial charge is 0.493 e. The van der Waals surface area contributed by atoms with Crippen molar-refractivity contribution in [3.63, 3.8) is 0 Å². The van der Waals surface area contributed by atoms with Crippen molar-refractivity contribution in [2.24, 2.45) is 0 Å². The average Bonchev–Trinajstić information content (AvgIpc) is 2.89. The summed E-state index contributed by atoms with van der Waals surface area (Å²) in [6.45, 7) is 21.3. The Bertz CT molecular complexity index is 1150. The van der Waals surface area contributed by atoms with Gasteiger partial charge in [-0.1, -0.05) is 24.3 Å². The molecule has 0 saturated heterocycles. The molecule has 0 amide bonds. The van der Waals surface area contributed by atoms with E-state index >= 15 is 0 Å². The fourth-order valence-electron chi connectivity index (χ4n) is 4.19. The second kappa shape index (κ2) is 14.8. The van der Waals surface area contributed by atoms with E-state index in [1.54, 1.807) is 24.3 Å². The molecule has 3 rings (SSSR count). The zero-order valence-corrected chi connectivity index (χ0v) is 21.7. The van der Waals surface area contributed by atoms with Crippen LogP contribution in [-0.4, -0.2) is 62.3 Å². The van der Waals surface area contributed by atoms with Gasteiger partial charge in [0.2, 0.25) is 5.43 Å². The summed E-state index contributed by atoms with van der Waals surface area (Å²) in [5.41, 5.74) is 0.927. The highest BCUT2D eigenvalue weighted by Gasteiger charge is 2.11. The van der Waals surface area contributed by atoms with Crippen LogP contribution in [0.15, 0.2) is 96.2 Å². The van der Waals surface area contributed by atoms with Gasteiger partial charge in [0, 0.05) is 51.4 Å². The average molecular weight is 503 g/mol. The van der Waals surface area contributed by atoms with Gasteiger partial charge in [0.05, 0.1) is 24.0 Å². The molecule has 1 heterocycles. The third kappa shape index (κ3) is 8.20. The van der Waals surface area contributed by atoms with Crippen LogP contribution < -0.4 is 14.9 Å². The molecule has 0 radical (unpaired) electrons. The van der Waals surface area contributed by atoms with Crippen molar-refractivity contribution >= 4 is 21.9 Å². The minimum absolute atomic E-state index is 0.0664. The van der Waals surface area contributed by atoms with Crippen LogP contribution in [0.4, 0.5) is 0 Å². The monoisotopic (exact) mass is 502 g/mol. The van der Waals surface area contributed by atoms with E-state index in [-0.39, 0.29) is 5.43 Å². The van der Waals surface area contributed by atoms with Crippen molar-refractivity contribution in [2.75, 3.05) is 52.5 Å². The highest BCUT2D eigenvalue weighted by Crippen LogP contribution is 2.25. The van der Waals surface area contributed by atoms with E-state index in [1.807, 2.05) is 36.4 Å². The van der Waals surface area contributed by atoms with Gasteiger partial charge < -0.3 is 13.9 Å². The first-order valence-corrected chi connectivity index (χ1v) is 12.7. The predicted octanol–water partition coefficient (Wildman–Crippen LogP) is 5.83. The van der Waals surface area contributed by atoms with E-state index in [0.717, 1.165) is 52.1 Å². The molecule has 0 unspecified atom stereocenters. The molecule has 0 bridgehead atoms. The number of ether oxygens (including phenoxy) is 2. The van der Waals surface area contributed by atoms with E-state index in [0.29, 0.717) is 46.7 Å². The van der Waals surface area contributed by atoms with E-state index in [9.17, 15) is 4.79 Å². The smallest absolute Gasteiger partial charge is 0.200 e. The molecule has 6 nitrogen and oxygen atoms in total. The number of hydrogen-bond donors (Lipinski definition) is 0. The van der Waals surface area contributed by atoms with Crippen LogP contribution >= 0.6 is 0 Å². The molecule has 3 aromatic rings. The van der Waals surface area contributed by atoms with Crippen LogP contribution in [0.25, 0.3) is 21.9 Å². The van der Waals surface area contributed by atoms with E-state index in [1.165, 1.54) is 0 Å². The Morgan fingerprint density at radius 2 is 1.08 bits per heavy atom. The quantitative estimate of drug-likeness (QED) is 0.124. The fraction of sp³-hybridized carbons (Fsp3) is 0.323. The Kier molecular flexibility index (Phi) is 11.2. The first-order valence-electron chi connectivity index (χ1n) is 12.7. The molecule has 0 aliphatic rings. The lowest BCUT2D eigenvalue weighted by Gasteiger charge is -2.18. The van der Waals surface area contributed by atoms with Crippen molar-refractivity contribution < 1.29 is 13.9 Å². The molecule has 0 atom stereocenters. The molecule has 2 aromatic carbocycles. The van der Waals surface area contributed by atoms with Crippen molar-refractivity contribution in [1.29, 1.82) is 0 Å².